The number of nitrogens with zero attached hydrogens (tertiary/aromatic N) is 1. The first-order chi connectivity index (χ1) is 16.4. The molecule has 4 rings (SSSR count). The van der Waals surface area contributed by atoms with E-state index in [1.165, 1.54) is 28.5 Å². The van der Waals surface area contributed by atoms with Crippen LogP contribution in [0.4, 0.5) is 4.39 Å². The first-order valence-electron chi connectivity index (χ1n) is 12.2. The van der Waals surface area contributed by atoms with Crippen LogP contribution in [0.1, 0.15) is 56.3 Å². The topological polar surface area (TPSA) is 32.3 Å². The van der Waals surface area contributed by atoms with Crippen LogP contribution in [0.5, 0.6) is 0 Å². The molecular formula is C30H33FN2O. The fourth-order valence-corrected chi connectivity index (χ4v) is 4.76. The van der Waals surface area contributed by atoms with Gasteiger partial charge in [-0.25, -0.2) is 4.39 Å². The summed E-state index contributed by atoms with van der Waals surface area (Å²) in [6.07, 6.45) is 1.66. The lowest BCUT2D eigenvalue weighted by atomic mass is 9.91. The Bertz CT molecular complexity index is 1220. The summed E-state index contributed by atoms with van der Waals surface area (Å²) < 4.78 is 13.4. The van der Waals surface area contributed by atoms with Crippen LogP contribution in [-0.2, 0) is 11.3 Å². The van der Waals surface area contributed by atoms with Crippen molar-refractivity contribution < 1.29 is 9.18 Å². The second-order valence-electron chi connectivity index (χ2n) is 9.51. The number of benzene rings is 3. The van der Waals surface area contributed by atoms with Gasteiger partial charge < -0.3 is 5.32 Å². The van der Waals surface area contributed by atoms with Crippen molar-refractivity contribution >= 4 is 16.7 Å². The van der Waals surface area contributed by atoms with Gasteiger partial charge in [-0.2, -0.15) is 0 Å². The predicted molar refractivity (Wildman–Crippen MR) is 137 cm³/mol. The fraction of sp³-hybridized carbons (Fsp3) is 0.367. The van der Waals surface area contributed by atoms with E-state index in [1.54, 1.807) is 6.07 Å². The van der Waals surface area contributed by atoms with Crippen LogP contribution < -0.4 is 5.32 Å². The number of hydrogen-bond donors (Lipinski definition) is 1. The first-order valence-corrected chi connectivity index (χ1v) is 12.2. The van der Waals surface area contributed by atoms with Gasteiger partial charge in [-0.3, -0.25) is 9.69 Å². The number of likely N-dealkylation sites (tertiary alicyclic amines) is 1. The highest BCUT2D eigenvalue weighted by atomic mass is 19.1. The standard InChI is InChI=1S/C30H33FN2O/c1-21(2)13-14-24-8-5-12-29-27(10-6-11-28(24)29)22(3)33-17-15-25(16-18-33)30(34)32-20-23-7-4-9-26(31)19-23/h4-12,19,21-22,25H,15-18,20H2,1-3H3,(H,32,34). The van der Waals surface area contributed by atoms with Crippen molar-refractivity contribution in [1.82, 2.24) is 10.2 Å². The number of rotatable bonds is 5. The summed E-state index contributed by atoms with van der Waals surface area (Å²) in [5.74, 6) is 6.77. The number of piperidine rings is 1. The zero-order valence-corrected chi connectivity index (χ0v) is 20.3. The van der Waals surface area contributed by atoms with E-state index in [0.29, 0.717) is 12.5 Å². The maximum Gasteiger partial charge on any atom is 0.223 e. The molecule has 0 aliphatic carbocycles. The summed E-state index contributed by atoms with van der Waals surface area (Å²) in [6.45, 7) is 8.59. The molecule has 0 bridgehead atoms. The van der Waals surface area contributed by atoms with Gasteiger partial charge in [0, 0.05) is 30.0 Å². The van der Waals surface area contributed by atoms with Gasteiger partial charge in [0.25, 0.3) is 0 Å². The van der Waals surface area contributed by atoms with Crippen molar-refractivity contribution in [3.05, 3.63) is 83.2 Å². The van der Waals surface area contributed by atoms with Gasteiger partial charge in [-0.15, -0.1) is 0 Å². The number of carbonyl (C=O) groups is 1. The minimum Gasteiger partial charge on any atom is -0.352 e. The molecule has 1 aliphatic rings. The Balaban J connectivity index is 1.40. The minimum absolute atomic E-state index is 0.00226. The Morgan fingerprint density at radius 2 is 1.74 bits per heavy atom. The molecule has 3 aromatic carbocycles. The van der Waals surface area contributed by atoms with Gasteiger partial charge >= 0.3 is 0 Å². The molecule has 0 aromatic heterocycles. The van der Waals surface area contributed by atoms with E-state index in [4.69, 9.17) is 0 Å². The smallest absolute Gasteiger partial charge is 0.223 e. The number of hydrogen-bond acceptors (Lipinski definition) is 2. The van der Waals surface area contributed by atoms with Crippen molar-refractivity contribution in [3.63, 3.8) is 0 Å². The van der Waals surface area contributed by atoms with Crippen LogP contribution >= 0.6 is 0 Å². The van der Waals surface area contributed by atoms with Crippen LogP contribution in [-0.4, -0.2) is 23.9 Å². The maximum absolute atomic E-state index is 13.4. The van der Waals surface area contributed by atoms with E-state index in [0.717, 1.165) is 37.1 Å². The van der Waals surface area contributed by atoms with Crippen molar-refractivity contribution in [3.8, 4) is 11.8 Å². The molecule has 34 heavy (non-hydrogen) atoms. The van der Waals surface area contributed by atoms with Crippen molar-refractivity contribution in [1.29, 1.82) is 0 Å². The quantitative estimate of drug-likeness (QED) is 0.472. The number of nitrogens with one attached hydrogen (secondary N) is 1. The van der Waals surface area contributed by atoms with Crippen LogP contribution in [0.3, 0.4) is 0 Å². The molecule has 0 saturated carbocycles. The van der Waals surface area contributed by atoms with Gasteiger partial charge in [0.1, 0.15) is 5.82 Å². The van der Waals surface area contributed by atoms with Crippen molar-refractivity contribution in [2.75, 3.05) is 13.1 Å². The van der Waals surface area contributed by atoms with Crippen molar-refractivity contribution in [2.45, 2.75) is 46.2 Å². The molecule has 1 N–H and O–H groups in total. The molecule has 4 heteroatoms. The Labute approximate surface area is 202 Å². The molecule has 0 radical (unpaired) electrons. The lowest BCUT2D eigenvalue weighted by Crippen LogP contribution is -2.41. The van der Waals surface area contributed by atoms with Gasteiger partial charge in [0.05, 0.1) is 0 Å². The Morgan fingerprint density at radius 3 is 2.47 bits per heavy atom. The normalized spacial score (nSPS) is 15.7. The fourth-order valence-electron chi connectivity index (χ4n) is 4.76. The summed E-state index contributed by atoms with van der Waals surface area (Å²) in [4.78, 5) is 15.2. The summed E-state index contributed by atoms with van der Waals surface area (Å²) in [5, 5.41) is 5.44. The third-order valence-electron chi connectivity index (χ3n) is 6.71. The molecule has 3 aromatic rings. The highest BCUT2D eigenvalue weighted by Crippen LogP contribution is 2.32. The number of carbonyl (C=O) groups excluding carboxylic acids is 1. The van der Waals surface area contributed by atoms with E-state index in [2.05, 4.69) is 79.2 Å². The average molecular weight is 457 g/mol. The van der Waals surface area contributed by atoms with Crippen LogP contribution in [0.15, 0.2) is 60.7 Å². The van der Waals surface area contributed by atoms with E-state index in [1.807, 2.05) is 6.07 Å². The predicted octanol–water partition coefficient (Wildman–Crippen LogP) is 6.08. The summed E-state index contributed by atoms with van der Waals surface area (Å²) in [7, 11) is 0. The van der Waals surface area contributed by atoms with Gasteiger partial charge in [-0.1, -0.05) is 68.2 Å². The van der Waals surface area contributed by atoms with Crippen LogP contribution in [0.2, 0.25) is 0 Å². The number of fused-ring (bicyclic) bond motifs is 1. The van der Waals surface area contributed by atoms with Crippen LogP contribution in [0.25, 0.3) is 10.8 Å². The van der Waals surface area contributed by atoms with E-state index >= 15 is 0 Å². The van der Waals surface area contributed by atoms with Gasteiger partial charge in [0.15, 0.2) is 0 Å². The molecule has 176 valence electrons. The zero-order chi connectivity index (χ0) is 24.1. The summed E-state index contributed by atoms with van der Waals surface area (Å²) >= 11 is 0. The SMILES string of the molecule is CC(C)C#Cc1cccc2c(C(C)N3CCC(C(=O)NCc4cccc(F)c4)CC3)cccc12. The summed E-state index contributed by atoms with van der Waals surface area (Å²) in [6, 6.07) is 19.5. The minimum atomic E-state index is -0.276. The summed E-state index contributed by atoms with van der Waals surface area (Å²) in [5.41, 5.74) is 3.17. The van der Waals surface area contributed by atoms with Crippen LogP contribution in [0, 0.1) is 29.5 Å². The average Bonchev–Trinajstić information content (AvgIpc) is 2.85. The van der Waals surface area contributed by atoms with E-state index < -0.39 is 0 Å². The molecule has 1 fully saturated rings. The first kappa shape index (κ1) is 24.0. The number of halogens is 1. The molecule has 3 nitrogen and oxygen atoms in total. The highest BCUT2D eigenvalue weighted by Gasteiger charge is 2.28. The molecule has 0 spiro atoms. The van der Waals surface area contributed by atoms with Crippen molar-refractivity contribution in [2.24, 2.45) is 11.8 Å². The Hall–Kier alpha value is -3.16. The highest BCUT2D eigenvalue weighted by molar-refractivity contribution is 5.91. The monoisotopic (exact) mass is 456 g/mol. The maximum atomic E-state index is 13.4. The van der Waals surface area contributed by atoms with Gasteiger partial charge in [-0.05, 0) is 73.0 Å². The second kappa shape index (κ2) is 10.8. The molecule has 1 saturated heterocycles. The lowest BCUT2D eigenvalue weighted by Gasteiger charge is -2.36. The molecule has 1 amide bonds. The third kappa shape index (κ3) is 5.66. The second-order valence-corrected chi connectivity index (χ2v) is 9.51. The Morgan fingerprint density at radius 1 is 1.03 bits per heavy atom. The zero-order valence-electron chi connectivity index (χ0n) is 20.3. The molecule has 1 aliphatic heterocycles. The molecule has 1 heterocycles. The molecular weight excluding hydrogens is 423 g/mol. The number of amides is 1. The Kier molecular flexibility index (Phi) is 7.65. The largest absolute Gasteiger partial charge is 0.352 e. The third-order valence-corrected chi connectivity index (χ3v) is 6.71. The van der Waals surface area contributed by atoms with E-state index in [-0.39, 0.29) is 23.7 Å². The van der Waals surface area contributed by atoms with E-state index in [9.17, 15) is 9.18 Å². The lowest BCUT2D eigenvalue weighted by molar-refractivity contribution is -0.126. The molecule has 1 atom stereocenters. The van der Waals surface area contributed by atoms with Gasteiger partial charge in [0.2, 0.25) is 5.91 Å². The molecule has 1 unspecified atom stereocenters.